The number of nitrogens with one attached hydrogen (secondary N) is 2. The summed E-state index contributed by atoms with van der Waals surface area (Å²) in [4.78, 5) is 23.7. The highest BCUT2D eigenvalue weighted by Crippen LogP contribution is 2.27. The van der Waals surface area contributed by atoms with E-state index in [-0.39, 0.29) is 17.9 Å². The van der Waals surface area contributed by atoms with Gasteiger partial charge >= 0.3 is 5.63 Å². The summed E-state index contributed by atoms with van der Waals surface area (Å²) in [6.07, 6.45) is 2.48. The molecule has 1 aliphatic rings. The number of nitrogens with zero attached hydrogens (tertiary/aromatic N) is 1. The van der Waals surface area contributed by atoms with E-state index in [2.05, 4.69) is 10.0 Å². The standard InChI is InChI=1S/C18H23N3O5S/c1-21(2)27(24,25)20-14-6-3-12(4-7-14)18(23)19-15-8-9-16-13(11-15)5-10-17(22)26-16/h5,8-12,14,20H,3-4,6-7H2,1-2H3,(H,19,23). The monoisotopic (exact) mass is 393 g/mol. The maximum atomic E-state index is 12.5. The molecule has 1 amide bonds. The van der Waals surface area contributed by atoms with E-state index in [1.165, 1.54) is 20.2 Å². The summed E-state index contributed by atoms with van der Waals surface area (Å²) in [6.45, 7) is 0. The average Bonchev–Trinajstić information content (AvgIpc) is 2.62. The van der Waals surface area contributed by atoms with E-state index >= 15 is 0 Å². The van der Waals surface area contributed by atoms with E-state index in [4.69, 9.17) is 4.42 Å². The van der Waals surface area contributed by atoms with Crippen molar-refractivity contribution < 1.29 is 17.6 Å². The lowest BCUT2D eigenvalue weighted by atomic mass is 9.86. The highest BCUT2D eigenvalue weighted by Gasteiger charge is 2.29. The van der Waals surface area contributed by atoms with Crippen LogP contribution >= 0.6 is 0 Å². The predicted octanol–water partition coefficient (Wildman–Crippen LogP) is 1.69. The Labute approximate surface area is 157 Å². The maximum absolute atomic E-state index is 12.5. The van der Waals surface area contributed by atoms with E-state index in [0.29, 0.717) is 37.0 Å². The van der Waals surface area contributed by atoms with E-state index < -0.39 is 15.8 Å². The highest BCUT2D eigenvalue weighted by atomic mass is 32.2. The smallest absolute Gasteiger partial charge is 0.336 e. The molecule has 1 aliphatic carbocycles. The molecule has 8 nitrogen and oxygen atoms in total. The molecular formula is C18H23N3O5S. The number of carbonyl (C=O) groups is 1. The van der Waals surface area contributed by atoms with Gasteiger partial charge in [-0.25, -0.2) is 4.79 Å². The summed E-state index contributed by atoms with van der Waals surface area (Å²) in [5.41, 5.74) is 0.687. The molecular weight excluding hydrogens is 370 g/mol. The summed E-state index contributed by atoms with van der Waals surface area (Å²) < 4.78 is 32.7. The third-order valence-corrected chi connectivity index (χ3v) is 6.37. The predicted molar refractivity (Wildman–Crippen MR) is 103 cm³/mol. The SMILES string of the molecule is CN(C)S(=O)(=O)NC1CCC(C(=O)Nc2ccc3oc(=O)ccc3c2)CC1. The Morgan fingerprint density at radius 1 is 1.11 bits per heavy atom. The minimum absolute atomic E-state index is 0.0827. The van der Waals surface area contributed by atoms with Crippen molar-refractivity contribution in [1.29, 1.82) is 0 Å². The van der Waals surface area contributed by atoms with Gasteiger partial charge in [0.1, 0.15) is 5.58 Å². The molecule has 1 fully saturated rings. The number of amides is 1. The lowest BCUT2D eigenvalue weighted by Gasteiger charge is -2.29. The largest absolute Gasteiger partial charge is 0.423 e. The van der Waals surface area contributed by atoms with Gasteiger partial charge in [-0.1, -0.05) is 0 Å². The second-order valence-corrected chi connectivity index (χ2v) is 8.87. The molecule has 0 radical (unpaired) electrons. The van der Waals surface area contributed by atoms with Crippen LogP contribution in [0.25, 0.3) is 11.0 Å². The Balaban J connectivity index is 1.58. The van der Waals surface area contributed by atoms with Crippen LogP contribution in [0.4, 0.5) is 5.69 Å². The van der Waals surface area contributed by atoms with E-state index in [1.807, 2.05) is 0 Å². The first kappa shape index (κ1) is 19.5. The van der Waals surface area contributed by atoms with Crippen molar-refractivity contribution in [1.82, 2.24) is 9.03 Å². The topological polar surface area (TPSA) is 109 Å². The molecule has 0 saturated heterocycles. The van der Waals surface area contributed by atoms with Crippen molar-refractivity contribution in [3.8, 4) is 0 Å². The van der Waals surface area contributed by atoms with Gasteiger partial charge in [0.2, 0.25) is 5.91 Å². The molecule has 0 unspecified atom stereocenters. The van der Waals surface area contributed by atoms with Crippen LogP contribution in [0, 0.1) is 5.92 Å². The first-order valence-corrected chi connectivity index (χ1v) is 10.2. The molecule has 1 aromatic carbocycles. The van der Waals surface area contributed by atoms with Crippen LogP contribution in [0.3, 0.4) is 0 Å². The molecule has 2 aromatic rings. The zero-order chi connectivity index (χ0) is 19.6. The molecule has 1 heterocycles. The normalized spacial score (nSPS) is 20.7. The van der Waals surface area contributed by atoms with Crippen LogP contribution in [0.5, 0.6) is 0 Å². The third kappa shape index (κ3) is 4.74. The van der Waals surface area contributed by atoms with Crippen molar-refractivity contribution in [2.75, 3.05) is 19.4 Å². The zero-order valence-electron chi connectivity index (χ0n) is 15.3. The quantitative estimate of drug-likeness (QED) is 0.752. The van der Waals surface area contributed by atoms with E-state index in [9.17, 15) is 18.0 Å². The number of benzene rings is 1. The van der Waals surface area contributed by atoms with Crippen LogP contribution in [0.15, 0.2) is 39.5 Å². The Bertz CT molecular complexity index is 991. The summed E-state index contributed by atoms with van der Waals surface area (Å²) in [5.74, 6) is -0.241. The number of fused-ring (bicyclic) bond motifs is 1. The summed E-state index contributed by atoms with van der Waals surface area (Å²) in [5, 5.41) is 3.62. The van der Waals surface area contributed by atoms with Gasteiger partial charge in [0.25, 0.3) is 10.2 Å². The molecule has 27 heavy (non-hydrogen) atoms. The van der Waals surface area contributed by atoms with Crippen LogP contribution in [0.1, 0.15) is 25.7 Å². The molecule has 9 heteroatoms. The van der Waals surface area contributed by atoms with Gasteiger partial charge in [0.15, 0.2) is 0 Å². The minimum Gasteiger partial charge on any atom is -0.423 e. The first-order chi connectivity index (χ1) is 12.7. The zero-order valence-corrected chi connectivity index (χ0v) is 16.1. The molecule has 0 aliphatic heterocycles. The fourth-order valence-corrected chi connectivity index (χ4v) is 4.05. The molecule has 146 valence electrons. The van der Waals surface area contributed by atoms with Crippen molar-refractivity contribution >= 4 is 32.8 Å². The van der Waals surface area contributed by atoms with Crippen molar-refractivity contribution in [2.24, 2.45) is 5.92 Å². The summed E-state index contributed by atoms with van der Waals surface area (Å²) in [7, 11) is -0.492. The highest BCUT2D eigenvalue weighted by molar-refractivity contribution is 7.87. The summed E-state index contributed by atoms with van der Waals surface area (Å²) in [6, 6.07) is 7.94. The number of carbonyl (C=O) groups excluding carboxylic acids is 1. The molecule has 1 aromatic heterocycles. The van der Waals surface area contributed by atoms with Crippen molar-refractivity contribution in [3.05, 3.63) is 40.8 Å². The number of rotatable bonds is 5. The van der Waals surface area contributed by atoms with Gasteiger partial charge < -0.3 is 9.73 Å². The lowest BCUT2D eigenvalue weighted by Crippen LogP contribution is -2.44. The molecule has 3 rings (SSSR count). The fraction of sp³-hybridized carbons (Fsp3) is 0.444. The van der Waals surface area contributed by atoms with Crippen LogP contribution in [-0.4, -0.2) is 38.8 Å². The first-order valence-electron chi connectivity index (χ1n) is 8.79. The molecule has 1 saturated carbocycles. The van der Waals surface area contributed by atoms with Gasteiger partial charge in [-0.2, -0.15) is 17.4 Å². The van der Waals surface area contributed by atoms with Crippen LogP contribution in [-0.2, 0) is 15.0 Å². The average molecular weight is 393 g/mol. The van der Waals surface area contributed by atoms with Gasteiger partial charge in [0, 0.05) is 43.2 Å². The van der Waals surface area contributed by atoms with Crippen LogP contribution in [0.2, 0.25) is 0 Å². The van der Waals surface area contributed by atoms with Crippen molar-refractivity contribution in [2.45, 2.75) is 31.7 Å². The number of hydrogen-bond donors (Lipinski definition) is 2. The Morgan fingerprint density at radius 3 is 2.48 bits per heavy atom. The van der Waals surface area contributed by atoms with Gasteiger partial charge in [-0.05, 0) is 49.9 Å². The van der Waals surface area contributed by atoms with Crippen molar-refractivity contribution in [3.63, 3.8) is 0 Å². The maximum Gasteiger partial charge on any atom is 0.336 e. The fourth-order valence-electron chi connectivity index (χ4n) is 3.18. The second-order valence-electron chi connectivity index (χ2n) is 6.95. The van der Waals surface area contributed by atoms with E-state index in [0.717, 1.165) is 9.69 Å². The second kappa shape index (κ2) is 7.79. The van der Waals surface area contributed by atoms with Gasteiger partial charge in [-0.15, -0.1) is 0 Å². The lowest BCUT2D eigenvalue weighted by molar-refractivity contribution is -0.120. The number of anilines is 1. The summed E-state index contributed by atoms with van der Waals surface area (Å²) >= 11 is 0. The van der Waals surface area contributed by atoms with Gasteiger partial charge in [-0.3, -0.25) is 4.79 Å². The van der Waals surface area contributed by atoms with Gasteiger partial charge in [0.05, 0.1) is 0 Å². The molecule has 0 bridgehead atoms. The molecule has 2 N–H and O–H groups in total. The minimum atomic E-state index is -3.46. The van der Waals surface area contributed by atoms with E-state index in [1.54, 1.807) is 24.3 Å². The molecule has 0 atom stereocenters. The Hall–Kier alpha value is -2.23. The molecule has 0 spiro atoms. The van der Waals surface area contributed by atoms with Crippen LogP contribution < -0.4 is 15.7 Å². The Morgan fingerprint density at radius 2 is 1.81 bits per heavy atom. The third-order valence-electron chi connectivity index (χ3n) is 4.78. The number of hydrogen-bond acceptors (Lipinski definition) is 5. The Kier molecular flexibility index (Phi) is 5.64.